The van der Waals surface area contributed by atoms with Crippen molar-refractivity contribution in [2.24, 2.45) is 5.92 Å². The SMILES string of the molecule is O=C(Nc1nc2ccc(Cl)cc2s1)C1CCN(C(=O)C2Sc3ccccc3NC2=O)CC1. The van der Waals surface area contributed by atoms with Crippen LogP contribution < -0.4 is 10.6 Å². The molecule has 32 heavy (non-hydrogen) atoms. The third-order valence-corrected chi connectivity index (χ3v) is 8.04. The number of para-hydroxylation sites is 1. The first-order valence-corrected chi connectivity index (χ1v) is 12.3. The lowest BCUT2D eigenvalue weighted by molar-refractivity contribution is -0.136. The molecule has 3 heterocycles. The lowest BCUT2D eigenvalue weighted by atomic mass is 9.95. The number of nitrogens with one attached hydrogen (secondary N) is 2. The van der Waals surface area contributed by atoms with Crippen molar-refractivity contribution in [3.05, 3.63) is 47.5 Å². The van der Waals surface area contributed by atoms with Gasteiger partial charge in [0.1, 0.15) is 0 Å². The molecule has 1 saturated heterocycles. The van der Waals surface area contributed by atoms with Gasteiger partial charge in [-0.25, -0.2) is 4.98 Å². The van der Waals surface area contributed by atoms with Crippen LogP contribution in [0.15, 0.2) is 47.4 Å². The summed E-state index contributed by atoms with van der Waals surface area (Å²) in [6.07, 6.45) is 1.09. The quantitative estimate of drug-likeness (QED) is 0.540. The standard InChI is InChI=1S/C22H19ClN4O3S2/c23-13-5-6-15-17(11-13)32-22(25-15)26-19(28)12-7-9-27(10-8-12)21(30)18-20(29)24-14-3-1-2-4-16(14)31-18/h1-6,11-12,18H,7-10H2,(H,24,29)(H,25,26,28). The average Bonchev–Trinajstić information content (AvgIpc) is 3.19. The number of fused-ring (bicyclic) bond motifs is 2. The maximum absolute atomic E-state index is 13.0. The number of piperidine rings is 1. The number of thioether (sulfide) groups is 1. The number of aromatic nitrogens is 1. The Morgan fingerprint density at radius 2 is 1.94 bits per heavy atom. The van der Waals surface area contributed by atoms with Crippen LogP contribution in [0.1, 0.15) is 12.8 Å². The highest BCUT2D eigenvalue weighted by Crippen LogP contribution is 2.36. The molecule has 2 aliphatic rings. The fourth-order valence-electron chi connectivity index (χ4n) is 3.90. The first kappa shape index (κ1) is 21.2. The third kappa shape index (κ3) is 4.20. The van der Waals surface area contributed by atoms with Crippen LogP contribution in [0.25, 0.3) is 10.2 Å². The predicted molar refractivity (Wildman–Crippen MR) is 127 cm³/mol. The number of likely N-dealkylation sites (tertiary alicyclic amines) is 1. The van der Waals surface area contributed by atoms with Gasteiger partial charge in [0, 0.05) is 28.9 Å². The highest BCUT2D eigenvalue weighted by Gasteiger charge is 2.37. The molecule has 0 spiro atoms. The van der Waals surface area contributed by atoms with Crippen LogP contribution in [0.4, 0.5) is 10.8 Å². The fraction of sp³-hybridized carbons (Fsp3) is 0.273. The molecule has 2 aromatic carbocycles. The van der Waals surface area contributed by atoms with Crippen LogP contribution >= 0.6 is 34.7 Å². The predicted octanol–water partition coefficient (Wildman–Crippen LogP) is 4.24. The number of nitrogens with zero attached hydrogens (tertiary/aromatic N) is 2. The molecule has 164 valence electrons. The molecule has 10 heteroatoms. The van der Waals surface area contributed by atoms with Crippen molar-refractivity contribution in [1.82, 2.24) is 9.88 Å². The minimum Gasteiger partial charge on any atom is -0.341 e. The maximum atomic E-state index is 13.0. The maximum Gasteiger partial charge on any atom is 0.247 e. The van der Waals surface area contributed by atoms with Gasteiger partial charge in [0.25, 0.3) is 0 Å². The number of hydrogen-bond donors (Lipinski definition) is 2. The zero-order chi connectivity index (χ0) is 22.2. The number of amides is 3. The first-order valence-electron chi connectivity index (χ1n) is 10.2. The molecule has 1 unspecified atom stereocenters. The van der Waals surface area contributed by atoms with Gasteiger partial charge in [-0.05, 0) is 43.2 Å². The number of halogens is 1. The van der Waals surface area contributed by atoms with Crippen LogP contribution in [-0.2, 0) is 14.4 Å². The van der Waals surface area contributed by atoms with Crippen molar-refractivity contribution >= 4 is 73.5 Å². The summed E-state index contributed by atoms with van der Waals surface area (Å²) >= 11 is 8.68. The van der Waals surface area contributed by atoms with E-state index in [1.807, 2.05) is 36.4 Å². The van der Waals surface area contributed by atoms with Crippen molar-refractivity contribution in [2.45, 2.75) is 23.0 Å². The van der Waals surface area contributed by atoms with Crippen LogP contribution in [0.3, 0.4) is 0 Å². The summed E-state index contributed by atoms with van der Waals surface area (Å²) in [6, 6.07) is 12.9. The van der Waals surface area contributed by atoms with Gasteiger partial charge in [0.15, 0.2) is 10.4 Å². The van der Waals surface area contributed by atoms with E-state index in [-0.39, 0.29) is 23.6 Å². The molecule has 3 amide bonds. The normalized spacial score (nSPS) is 18.8. The Bertz CT molecular complexity index is 1220. The molecule has 5 rings (SSSR count). The second-order valence-corrected chi connectivity index (χ2v) is 10.3. The first-order chi connectivity index (χ1) is 15.5. The molecule has 1 aromatic heterocycles. The number of anilines is 2. The zero-order valence-corrected chi connectivity index (χ0v) is 19.2. The van der Waals surface area contributed by atoms with Crippen LogP contribution in [-0.4, -0.2) is 45.9 Å². The number of carbonyl (C=O) groups excluding carboxylic acids is 3. The summed E-state index contributed by atoms with van der Waals surface area (Å²) < 4.78 is 0.915. The summed E-state index contributed by atoms with van der Waals surface area (Å²) in [7, 11) is 0. The van der Waals surface area contributed by atoms with Gasteiger partial charge in [0.2, 0.25) is 17.7 Å². The Kier molecular flexibility index (Phi) is 5.79. The summed E-state index contributed by atoms with van der Waals surface area (Å²) in [6.45, 7) is 0.886. The van der Waals surface area contributed by atoms with E-state index in [9.17, 15) is 14.4 Å². The van der Waals surface area contributed by atoms with E-state index in [1.54, 1.807) is 11.0 Å². The van der Waals surface area contributed by atoms with Gasteiger partial charge in [0.05, 0.1) is 15.9 Å². The van der Waals surface area contributed by atoms with E-state index in [4.69, 9.17) is 11.6 Å². The molecule has 0 radical (unpaired) electrons. The van der Waals surface area contributed by atoms with Crippen LogP contribution in [0.2, 0.25) is 5.02 Å². The monoisotopic (exact) mass is 486 g/mol. The summed E-state index contributed by atoms with van der Waals surface area (Å²) in [5.74, 6) is -0.803. The second-order valence-electron chi connectivity index (χ2n) is 7.70. The van der Waals surface area contributed by atoms with Gasteiger partial charge in [-0.2, -0.15) is 0 Å². The lowest BCUT2D eigenvalue weighted by Gasteiger charge is -2.34. The van der Waals surface area contributed by atoms with Gasteiger partial charge in [-0.3, -0.25) is 14.4 Å². The van der Waals surface area contributed by atoms with Gasteiger partial charge in [-0.1, -0.05) is 35.1 Å². The number of carbonyl (C=O) groups is 3. The molecular weight excluding hydrogens is 468 g/mol. The van der Waals surface area contributed by atoms with E-state index >= 15 is 0 Å². The van der Waals surface area contributed by atoms with Crippen molar-refractivity contribution in [2.75, 3.05) is 23.7 Å². The van der Waals surface area contributed by atoms with Gasteiger partial charge < -0.3 is 15.5 Å². The number of rotatable bonds is 3. The van der Waals surface area contributed by atoms with Crippen molar-refractivity contribution < 1.29 is 14.4 Å². The minimum atomic E-state index is -0.801. The Morgan fingerprint density at radius 3 is 2.75 bits per heavy atom. The molecule has 2 aliphatic heterocycles. The summed E-state index contributed by atoms with van der Waals surface area (Å²) in [5, 5.41) is 6.08. The Balaban J connectivity index is 1.18. The van der Waals surface area contributed by atoms with Crippen molar-refractivity contribution in [1.29, 1.82) is 0 Å². The van der Waals surface area contributed by atoms with Crippen molar-refractivity contribution in [3.63, 3.8) is 0 Å². The molecule has 3 aromatic rings. The molecule has 1 fully saturated rings. The van der Waals surface area contributed by atoms with E-state index < -0.39 is 5.25 Å². The Labute approximate surface area is 197 Å². The molecule has 2 N–H and O–H groups in total. The topological polar surface area (TPSA) is 91.4 Å². The highest BCUT2D eigenvalue weighted by molar-refractivity contribution is 8.01. The molecule has 0 saturated carbocycles. The minimum absolute atomic E-state index is 0.0963. The van der Waals surface area contributed by atoms with Crippen molar-refractivity contribution in [3.8, 4) is 0 Å². The van der Waals surface area contributed by atoms with E-state index in [1.165, 1.54) is 23.1 Å². The summed E-state index contributed by atoms with van der Waals surface area (Å²) in [4.78, 5) is 45.2. The Morgan fingerprint density at radius 1 is 1.16 bits per heavy atom. The van der Waals surface area contributed by atoms with E-state index in [2.05, 4.69) is 15.6 Å². The summed E-state index contributed by atoms with van der Waals surface area (Å²) in [5.41, 5.74) is 1.53. The highest BCUT2D eigenvalue weighted by atomic mass is 35.5. The Hall–Kier alpha value is -2.62. The van der Waals surface area contributed by atoms with E-state index in [0.29, 0.717) is 36.1 Å². The lowest BCUT2D eigenvalue weighted by Crippen LogP contribution is -2.48. The molecule has 0 bridgehead atoms. The molecular formula is C22H19ClN4O3S2. The molecule has 0 aliphatic carbocycles. The zero-order valence-electron chi connectivity index (χ0n) is 16.8. The molecule has 1 atom stereocenters. The van der Waals surface area contributed by atoms with Gasteiger partial charge in [-0.15, -0.1) is 11.8 Å². The van der Waals surface area contributed by atoms with E-state index in [0.717, 1.165) is 20.8 Å². The van der Waals surface area contributed by atoms with Gasteiger partial charge >= 0.3 is 0 Å². The number of thiazole rings is 1. The van der Waals surface area contributed by atoms with Crippen LogP contribution in [0.5, 0.6) is 0 Å². The third-order valence-electron chi connectivity index (χ3n) is 5.61. The fourth-order valence-corrected chi connectivity index (χ4v) is 6.12. The number of hydrogen-bond acceptors (Lipinski definition) is 6. The largest absolute Gasteiger partial charge is 0.341 e. The molecule has 7 nitrogen and oxygen atoms in total. The smallest absolute Gasteiger partial charge is 0.247 e. The number of benzene rings is 2. The second kappa shape index (κ2) is 8.73. The van der Waals surface area contributed by atoms with Crippen LogP contribution in [0, 0.1) is 5.92 Å². The average molecular weight is 487 g/mol.